The maximum Gasteiger partial charge on any atom is -0.0162 e. The van der Waals surface area contributed by atoms with Crippen molar-refractivity contribution in [3.05, 3.63) is 336 Å². The van der Waals surface area contributed by atoms with Gasteiger partial charge in [0.05, 0.1) is 0 Å². The average molecular weight is 1610 g/mol. The molecule has 0 unspecified atom stereocenters. The molecule has 120 heavy (non-hydrogen) atoms. The molecule has 0 heteroatoms. The van der Waals surface area contributed by atoms with E-state index in [1.54, 1.807) is 38.9 Å². The predicted octanol–water partition coefficient (Wildman–Crippen LogP) is 38.6. The number of benzene rings is 8. The molecule has 0 spiro atoms. The molecule has 20 rings (SSSR count). The lowest BCUT2D eigenvalue weighted by Gasteiger charge is -2.25. The van der Waals surface area contributed by atoms with Crippen LogP contribution in [0.5, 0.6) is 0 Å². The quantitative estimate of drug-likeness (QED) is 0.140. The van der Waals surface area contributed by atoms with E-state index in [0.717, 1.165) is 41.4 Å². The van der Waals surface area contributed by atoms with Crippen LogP contribution in [0.4, 0.5) is 0 Å². The molecule has 0 bridgehead atoms. The molecule has 12 aliphatic carbocycles. The van der Waals surface area contributed by atoms with Gasteiger partial charge in [-0.25, -0.2) is 0 Å². The second-order valence-electron chi connectivity index (χ2n) is 36.5. The van der Waals surface area contributed by atoms with E-state index in [1.807, 2.05) is 109 Å². The minimum Gasteiger partial charge on any atom is -0.0885 e. The van der Waals surface area contributed by atoms with Crippen LogP contribution >= 0.6 is 0 Å². The molecule has 8 saturated carbocycles. The third-order valence-electron chi connectivity index (χ3n) is 26.9. The molecule has 0 radical (unpaired) electrons. The number of hydrogen-bond acceptors (Lipinski definition) is 0. The summed E-state index contributed by atoms with van der Waals surface area (Å²) in [7, 11) is 0. The number of hydrogen-bond donors (Lipinski definition) is 0. The van der Waals surface area contributed by atoms with Crippen LogP contribution in [0.3, 0.4) is 0 Å². The summed E-state index contributed by atoms with van der Waals surface area (Å²) in [5.74, 6) is 6.03. The second-order valence-corrected chi connectivity index (χ2v) is 36.5. The van der Waals surface area contributed by atoms with Crippen LogP contribution in [0.1, 0.15) is 446 Å². The Bertz CT molecular complexity index is 3140. The smallest absolute Gasteiger partial charge is 0.0162 e. The highest BCUT2D eigenvalue weighted by molar-refractivity contribution is 5.31. The number of allylic oxidation sites excluding steroid dienone is 8. The van der Waals surface area contributed by atoms with E-state index < -0.39 is 0 Å². The van der Waals surface area contributed by atoms with Gasteiger partial charge in [0, 0.05) is 0 Å². The Kier molecular flexibility index (Phi) is 56.6. The van der Waals surface area contributed by atoms with Crippen molar-refractivity contribution < 1.29 is 0 Å². The van der Waals surface area contributed by atoms with E-state index in [-0.39, 0.29) is 0 Å². The molecule has 12 aliphatic rings. The predicted molar refractivity (Wildman–Crippen MR) is 530 cm³/mol. The van der Waals surface area contributed by atoms with Gasteiger partial charge in [-0.05, 0) is 273 Å². The highest BCUT2D eigenvalue weighted by Gasteiger charge is 2.22. The zero-order valence-electron chi connectivity index (χ0n) is 76.1. The molecule has 0 nitrogen and oxygen atoms in total. The van der Waals surface area contributed by atoms with Crippen LogP contribution in [-0.2, 0) is 0 Å². The summed E-state index contributed by atoms with van der Waals surface area (Å²) in [4.78, 5) is 0. The topological polar surface area (TPSA) is 0 Å². The van der Waals surface area contributed by atoms with E-state index in [0.29, 0.717) is 0 Å². The molecule has 0 aromatic heterocycles. The van der Waals surface area contributed by atoms with Gasteiger partial charge in [-0.15, -0.1) is 0 Å². The first-order valence-corrected chi connectivity index (χ1v) is 50.7. The lowest BCUT2D eigenvalue weighted by atomic mass is 9.80. The summed E-state index contributed by atoms with van der Waals surface area (Å²) in [5.41, 5.74) is 11.1. The van der Waals surface area contributed by atoms with Gasteiger partial charge >= 0.3 is 0 Å². The van der Waals surface area contributed by atoms with Gasteiger partial charge in [0.15, 0.2) is 0 Å². The van der Waals surface area contributed by atoms with Crippen molar-refractivity contribution in [3.63, 3.8) is 0 Å². The minimum atomic E-state index is 0.860. The lowest BCUT2D eigenvalue weighted by molar-refractivity contribution is 0.435. The maximum absolute atomic E-state index is 2.55. The number of rotatable bonds is 7. The van der Waals surface area contributed by atoms with E-state index >= 15 is 0 Å². The maximum atomic E-state index is 2.55. The first-order valence-electron chi connectivity index (χ1n) is 50.7. The molecule has 0 saturated heterocycles. The van der Waals surface area contributed by atoms with Gasteiger partial charge in [-0.3, -0.25) is 0 Å². The Balaban J connectivity index is 0.000000166. The van der Waals surface area contributed by atoms with Crippen molar-refractivity contribution in [3.8, 4) is 0 Å². The summed E-state index contributed by atoms with van der Waals surface area (Å²) in [6.07, 6.45) is 99.1. The zero-order chi connectivity index (χ0) is 83.0. The Hall–Kier alpha value is -7.28. The molecule has 650 valence electrons. The first kappa shape index (κ1) is 98.2. The largest absolute Gasteiger partial charge is 0.0885 e. The summed E-state index contributed by atoms with van der Waals surface area (Å²) in [6, 6.07) is 88.2. The molecule has 0 atom stereocenters. The monoisotopic (exact) mass is 1610 g/mol. The van der Waals surface area contributed by atoms with Gasteiger partial charge < -0.3 is 0 Å². The van der Waals surface area contributed by atoms with Gasteiger partial charge in [-0.1, -0.05) is 471 Å². The van der Waals surface area contributed by atoms with Crippen molar-refractivity contribution in [2.24, 2.45) is 0 Å². The fourth-order valence-corrected chi connectivity index (χ4v) is 19.6. The molecule has 0 amide bonds. The van der Waals surface area contributed by atoms with Crippen LogP contribution in [0, 0.1) is 0 Å². The van der Waals surface area contributed by atoms with E-state index in [9.17, 15) is 0 Å². The molecule has 8 aromatic rings. The Morgan fingerprint density at radius 1 is 0.108 bits per heavy atom. The van der Waals surface area contributed by atoms with Crippen LogP contribution in [0.25, 0.3) is 0 Å². The minimum absolute atomic E-state index is 0.860. The van der Waals surface area contributed by atoms with Gasteiger partial charge in [0.1, 0.15) is 0 Å². The van der Waals surface area contributed by atoms with Crippen LogP contribution < -0.4 is 0 Å². The van der Waals surface area contributed by atoms with Crippen molar-refractivity contribution in [1.29, 1.82) is 0 Å². The highest BCUT2D eigenvalue weighted by atomic mass is 14.3. The highest BCUT2D eigenvalue weighted by Crippen LogP contribution is 2.40. The summed E-state index contributed by atoms with van der Waals surface area (Å²) >= 11 is 0. The molecular weight excluding hydrogens is 1440 g/mol. The summed E-state index contributed by atoms with van der Waals surface area (Å²) in [6.45, 7) is 0. The van der Waals surface area contributed by atoms with Crippen LogP contribution in [0.2, 0.25) is 0 Å². The Morgan fingerprint density at radius 2 is 0.233 bits per heavy atom. The Morgan fingerprint density at radius 3 is 0.383 bits per heavy atom. The normalized spacial score (nSPS) is 19.4. The standard InChI is InChI=1S/2C18H26.3C12H16.C6H12.4C6H10.3C6H6/c1-3-8-15(9-4-1)17-12-7-13-18(14-17)16-10-5-2-6-11-16;1-3-7-15(8-4-1)17-11-13-18(14-12-17)16-9-5-2-6-10-16;3*1-3-7-11(8-4-1)12-9-5-2-6-10-12;8*1-2-4-6-5-3-1/h7,12-16H,1-6,8-11H2;11-16H,1-10H2;3*1,3-4,7-8,12H,2,5-6,9-10H2;1-6H2;4*1-2H,3-6H2;3*1-6H. The van der Waals surface area contributed by atoms with Crippen molar-refractivity contribution >= 4 is 0 Å². The van der Waals surface area contributed by atoms with Crippen LogP contribution in [-0.4, -0.2) is 0 Å². The SMILES string of the molecule is C1=CCCCC1.C1=CCCCC1.C1=CCCCC1.C1=CCCCC1.C1CCCCC1.c1cc(C2CCCCC2)cc(C2CCCCC2)c1.c1cc(C2CCCCC2)ccc1C1CCCCC1.c1ccc(C2CCCCC2)cc1.c1ccc(C2CCCCC2)cc1.c1ccc(C2CCCCC2)cc1.c1ccccc1.c1ccccc1.c1ccccc1. The van der Waals surface area contributed by atoms with Crippen molar-refractivity contribution in [2.45, 2.75) is 407 Å². The lowest BCUT2D eigenvalue weighted by Crippen LogP contribution is -2.07. The molecule has 8 aromatic carbocycles. The van der Waals surface area contributed by atoms with Crippen LogP contribution in [0.15, 0.2) is 297 Å². The summed E-state index contributed by atoms with van der Waals surface area (Å²) < 4.78 is 0. The van der Waals surface area contributed by atoms with E-state index in [4.69, 9.17) is 0 Å². The molecule has 0 N–H and O–H groups in total. The Labute approximate surface area is 738 Å². The van der Waals surface area contributed by atoms with Gasteiger partial charge in [0.25, 0.3) is 0 Å². The van der Waals surface area contributed by atoms with E-state index in [1.165, 1.54) is 366 Å². The molecule has 0 aliphatic heterocycles. The van der Waals surface area contributed by atoms with Crippen molar-refractivity contribution in [1.82, 2.24) is 0 Å². The second kappa shape index (κ2) is 69.2. The van der Waals surface area contributed by atoms with Crippen molar-refractivity contribution in [2.75, 3.05) is 0 Å². The van der Waals surface area contributed by atoms with Gasteiger partial charge in [0.2, 0.25) is 0 Å². The van der Waals surface area contributed by atoms with E-state index in [2.05, 4.69) is 188 Å². The molecule has 0 heterocycles. The first-order chi connectivity index (χ1) is 59.8. The fourth-order valence-electron chi connectivity index (χ4n) is 19.6. The average Bonchev–Trinajstić information content (AvgIpc) is 0.821. The third kappa shape index (κ3) is 46.8. The fraction of sp³-hybridized carbons (Fsp3) is 0.533. The summed E-state index contributed by atoms with van der Waals surface area (Å²) in [5, 5.41) is 0. The molecule has 8 fully saturated rings. The van der Waals surface area contributed by atoms with Gasteiger partial charge in [-0.2, -0.15) is 0 Å². The third-order valence-corrected chi connectivity index (χ3v) is 26.9. The zero-order valence-corrected chi connectivity index (χ0v) is 76.1. The molecular formula is C120H170.